The lowest BCUT2D eigenvalue weighted by atomic mass is 10.2. The number of nitrogen functional groups attached to an aromatic ring is 1. The summed E-state index contributed by atoms with van der Waals surface area (Å²) in [6, 6.07) is 5.98. The van der Waals surface area contributed by atoms with Gasteiger partial charge < -0.3 is 5.73 Å². The molecule has 2 N–H and O–H groups in total. The Kier molecular flexibility index (Phi) is 2.74. The smallest absolute Gasteiger partial charge is 0.149 e. The lowest BCUT2D eigenvalue weighted by molar-refractivity contribution is 0.611. The van der Waals surface area contributed by atoms with Crippen LogP contribution < -0.4 is 5.73 Å². The predicted octanol–water partition coefficient (Wildman–Crippen LogP) is 2.43. The van der Waals surface area contributed by atoms with Crippen molar-refractivity contribution >= 4 is 17.4 Å². The highest BCUT2D eigenvalue weighted by Crippen LogP contribution is 2.24. The molecule has 0 amide bonds. The summed E-state index contributed by atoms with van der Waals surface area (Å²) in [6.45, 7) is 1.63. The summed E-state index contributed by atoms with van der Waals surface area (Å²) in [7, 11) is 0. The maximum Gasteiger partial charge on any atom is 0.149 e. The SMILES string of the molecule is Cc1nn(-c2cc(Cl)ccc2F)c(N)c1C#N. The Morgan fingerprint density at radius 2 is 2.24 bits per heavy atom. The van der Waals surface area contributed by atoms with Crippen molar-refractivity contribution in [1.82, 2.24) is 9.78 Å². The number of aryl methyl sites for hydroxylation is 1. The van der Waals surface area contributed by atoms with E-state index in [1.165, 1.54) is 22.9 Å². The summed E-state index contributed by atoms with van der Waals surface area (Å²) in [5.74, 6) is -0.403. The van der Waals surface area contributed by atoms with Crippen molar-refractivity contribution in [2.75, 3.05) is 5.73 Å². The summed E-state index contributed by atoms with van der Waals surface area (Å²) in [6.07, 6.45) is 0. The van der Waals surface area contributed by atoms with Gasteiger partial charge in [0.25, 0.3) is 0 Å². The van der Waals surface area contributed by atoms with Crippen molar-refractivity contribution in [3.63, 3.8) is 0 Å². The van der Waals surface area contributed by atoms with E-state index in [-0.39, 0.29) is 17.1 Å². The third-order valence-electron chi connectivity index (χ3n) is 2.34. The van der Waals surface area contributed by atoms with Crippen molar-refractivity contribution < 1.29 is 4.39 Å². The number of nitriles is 1. The van der Waals surface area contributed by atoms with E-state index >= 15 is 0 Å². The number of aromatic nitrogens is 2. The number of hydrogen-bond acceptors (Lipinski definition) is 3. The molecule has 86 valence electrons. The Morgan fingerprint density at radius 1 is 1.53 bits per heavy atom. The van der Waals surface area contributed by atoms with Crippen molar-refractivity contribution in [2.45, 2.75) is 6.92 Å². The molecule has 0 unspecified atom stereocenters. The maximum absolute atomic E-state index is 13.6. The average Bonchev–Trinajstić information content (AvgIpc) is 2.57. The quantitative estimate of drug-likeness (QED) is 0.845. The van der Waals surface area contributed by atoms with Gasteiger partial charge in [-0.05, 0) is 25.1 Å². The Morgan fingerprint density at radius 3 is 2.82 bits per heavy atom. The van der Waals surface area contributed by atoms with Crippen LogP contribution in [0.25, 0.3) is 5.69 Å². The van der Waals surface area contributed by atoms with Crippen LogP contribution in [-0.4, -0.2) is 9.78 Å². The zero-order chi connectivity index (χ0) is 12.6. The first-order chi connectivity index (χ1) is 8.04. The van der Waals surface area contributed by atoms with Crippen LogP contribution in [0, 0.1) is 24.1 Å². The first kappa shape index (κ1) is 11.4. The van der Waals surface area contributed by atoms with Gasteiger partial charge in [0.05, 0.1) is 5.69 Å². The first-order valence-corrected chi connectivity index (χ1v) is 5.13. The molecule has 2 rings (SSSR count). The molecule has 0 bridgehead atoms. The number of benzene rings is 1. The fraction of sp³-hybridized carbons (Fsp3) is 0.0909. The Labute approximate surface area is 102 Å². The van der Waals surface area contributed by atoms with E-state index < -0.39 is 5.82 Å². The van der Waals surface area contributed by atoms with E-state index in [2.05, 4.69) is 5.10 Å². The molecular formula is C11H8ClFN4. The Balaban J connectivity index is 2.70. The van der Waals surface area contributed by atoms with E-state index in [4.69, 9.17) is 22.6 Å². The summed E-state index contributed by atoms with van der Waals surface area (Å²) in [5, 5.41) is 13.3. The standard InChI is InChI=1S/C11H8ClFN4/c1-6-8(5-14)11(15)17(16-6)10-4-7(12)2-3-9(10)13/h2-4H,15H2,1H3. The van der Waals surface area contributed by atoms with Gasteiger partial charge >= 0.3 is 0 Å². The number of halogens is 2. The minimum Gasteiger partial charge on any atom is -0.382 e. The molecule has 4 nitrogen and oxygen atoms in total. The van der Waals surface area contributed by atoms with Gasteiger partial charge in [0.15, 0.2) is 0 Å². The zero-order valence-electron chi connectivity index (χ0n) is 8.91. The minimum atomic E-state index is -0.506. The normalized spacial score (nSPS) is 10.2. The number of rotatable bonds is 1. The minimum absolute atomic E-state index is 0.103. The second-order valence-corrected chi connectivity index (χ2v) is 3.90. The molecule has 1 heterocycles. The summed E-state index contributed by atoms with van der Waals surface area (Å²) < 4.78 is 14.8. The van der Waals surface area contributed by atoms with Crippen LogP contribution in [0.5, 0.6) is 0 Å². The van der Waals surface area contributed by atoms with Gasteiger partial charge in [0.1, 0.15) is 29.0 Å². The topological polar surface area (TPSA) is 67.6 Å². The highest BCUT2D eigenvalue weighted by Gasteiger charge is 2.16. The van der Waals surface area contributed by atoms with E-state index in [0.29, 0.717) is 10.7 Å². The van der Waals surface area contributed by atoms with Gasteiger partial charge in [-0.15, -0.1) is 0 Å². The molecule has 0 fully saturated rings. The number of nitrogens with two attached hydrogens (primary N) is 1. The second-order valence-electron chi connectivity index (χ2n) is 3.46. The van der Waals surface area contributed by atoms with Crippen molar-refractivity contribution in [3.05, 3.63) is 40.3 Å². The first-order valence-electron chi connectivity index (χ1n) is 4.75. The van der Waals surface area contributed by atoms with E-state index in [0.717, 1.165) is 0 Å². The third kappa shape index (κ3) is 1.83. The fourth-order valence-electron chi connectivity index (χ4n) is 1.52. The van der Waals surface area contributed by atoms with Gasteiger partial charge in [-0.3, -0.25) is 0 Å². The highest BCUT2D eigenvalue weighted by molar-refractivity contribution is 6.30. The molecule has 6 heteroatoms. The number of nitrogens with zero attached hydrogens (tertiary/aromatic N) is 3. The van der Waals surface area contributed by atoms with Crippen molar-refractivity contribution in [3.8, 4) is 11.8 Å². The average molecular weight is 251 g/mol. The van der Waals surface area contributed by atoms with Gasteiger partial charge in [0, 0.05) is 5.02 Å². The van der Waals surface area contributed by atoms with E-state index in [1.54, 1.807) is 6.92 Å². The molecule has 1 aromatic carbocycles. The van der Waals surface area contributed by atoms with Gasteiger partial charge in [-0.2, -0.15) is 10.4 Å². The lowest BCUT2D eigenvalue weighted by Crippen LogP contribution is -2.04. The van der Waals surface area contributed by atoms with E-state index in [9.17, 15) is 4.39 Å². The molecule has 2 aromatic rings. The van der Waals surface area contributed by atoms with Crippen molar-refractivity contribution in [2.24, 2.45) is 0 Å². The highest BCUT2D eigenvalue weighted by atomic mass is 35.5. The molecule has 0 atom stereocenters. The van der Waals surface area contributed by atoms with Crippen LogP contribution in [0.3, 0.4) is 0 Å². The second kappa shape index (κ2) is 4.07. The van der Waals surface area contributed by atoms with Crippen molar-refractivity contribution in [1.29, 1.82) is 5.26 Å². The molecular weight excluding hydrogens is 243 g/mol. The van der Waals surface area contributed by atoms with Crippen LogP contribution in [-0.2, 0) is 0 Å². The predicted molar refractivity (Wildman–Crippen MR) is 62.4 cm³/mol. The van der Waals surface area contributed by atoms with Crippen LogP contribution in [0.1, 0.15) is 11.3 Å². The number of anilines is 1. The third-order valence-corrected chi connectivity index (χ3v) is 2.58. The monoisotopic (exact) mass is 250 g/mol. The van der Waals surface area contributed by atoms with E-state index in [1.807, 2.05) is 6.07 Å². The number of hydrogen-bond donors (Lipinski definition) is 1. The lowest BCUT2D eigenvalue weighted by Gasteiger charge is -2.05. The summed E-state index contributed by atoms with van der Waals surface area (Å²) in [5.41, 5.74) is 6.55. The largest absolute Gasteiger partial charge is 0.382 e. The van der Waals surface area contributed by atoms with Gasteiger partial charge in [-0.25, -0.2) is 9.07 Å². The fourth-order valence-corrected chi connectivity index (χ4v) is 1.68. The molecule has 1 aromatic heterocycles. The Bertz CT molecular complexity index is 627. The molecule has 0 aliphatic carbocycles. The summed E-state index contributed by atoms with van der Waals surface area (Å²) in [4.78, 5) is 0. The molecule has 0 aliphatic heterocycles. The molecule has 0 saturated carbocycles. The summed E-state index contributed by atoms with van der Waals surface area (Å²) >= 11 is 5.79. The van der Waals surface area contributed by atoms with Gasteiger partial charge in [-0.1, -0.05) is 11.6 Å². The Hall–Kier alpha value is -2.06. The molecule has 0 aliphatic rings. The van der Waals surface area contributed by atoms with Crippen LogP contribution in [0.15, 0.2) is 18.2 Å². The maximum atomic E-state index is 13.6. The molecule has 0 radical (unpaired) electrons. The molecule has 17 heavy (non-hydrogen) atoms. The van der Waals surface area contributed by atoms with Crippen LogP contribution >= 0.6 is 11.6 Å². The zero-order valence-corrected chi connectivity index (χ0v) is 9.66. The molecule has 0 spiro atoms. The van der Waals surface area contributed by atoms with Gasteiger partial charge in [0.2, 0.25) is 0 Å². The van der Waals surface area contributed by atoms with Crippen LogP contribution in [0.2, 0.25) is 5.02 Å². The van der Waals surface area contributed by atoms with Crippen LogP contribution in [0.4, 0.5) is 10.2 Å². The molecule has 0 saturated heterocycles.